The fourth-order valence-electron chi connectivity index (χ4n) is 1.28. The first-order valence-electron chi connectivity index (χ1n) is 4.19. The van der Waals surface area contributed by atoms with Crippen LogP contribution in [0.15, 0.2) is 18.2 Å². The van der Waals surface area contributed by atoms with Crippen LogP contribution < -0.4 is 5.73 Å². The van der Waals surface area contributed by atoms with Gasteiger partial charge in [0.15, 0.2) is 0 Å². The molecular weight excluding hydrogens is 169 g/mol. The second kappa shape index (κ2) is 4.03. The Kier molecular flexibility index (Phi) is 3.01. The smallest absolute Gasteiger partial charge is 0.221 e. The molecule has 0 heterocycles. The van der Waals surface area contributed by atoms with Crippen molar-refractivity contribution in [1.29, 1.82) is 0 Å². The highest BCUT2D eigenvalue weighted by Crippen LogP contribution is 2.12. The molecule has 70 valence electrons. The number of carbonyl (C=O) groups is 1. The van der Waals surface area contributed by atoms with Crippen molar-refractivity contribution in [3.63, 3.8) is 0 Å². The Hall–Kier alpha value is -1.38. The maximum Gasteiger partial charge on any atom is 0.221 e. The van der Waals surface area contributed by atoms with E-state index in [0.717, 1.165) is 11.1 Å². The van der Waals surface area contributed by atoms with Crippen molar-refractivity contribution < 1.29 is 9.18 Å². The predicted molar refractivity (Wildman–Crippen MR) is 48.7 cm³/mol. The van der Waals surface area contributed by atoms with Crippen LogP contribution in [0.3, 0.4) is 0 Å². The second-order valence-electron chi connectivity index (χ2n) is 2.91. The Morgan fingerprint density at radius 3 is 2.69 bits per heavy atom. The van der Waals surface area contributed by atoms with Gasteiger partial charge in [-0.3, -0.25) is 4.79 Å². The summed E-state index contributed by atoms with van der Waals surface area (Å²) in [6, 6.07) is 4.40. The van der Waals surface area contributed by atoms with Gasteiger partial charge < -0.3 is 5.73 Å². The van der Waals surface area contributed by atoms with Gasteiger partial charge in [0.05, 0.1) is 6.42 Å². The molecule has 1 aromatic carbocycles. The summed E-state index contributed by atoms with van der Waals surface area (Å²) in [5, 5.41) is 0. The van der Waals surface area contributed by atoms with Crippen molar-refractivity contribution in [3.05, 3.63) is 35.1 Å². The van der Waals surface area contributed by atoms with E-state index >= 15 is 0 Å². The molecule has 13 heavy (non-hydrogen) atoms. The molecule has 1 amide bonds. The molecule has 0 bridgehead atoms. The summed E-state index contributed by atoms with van der Waals surface area (Å²) in [5.41, 5.74) is 6.72. The topological polar surface area (TPSA) is 43.1 Å². The average Bonchev–Trinajstić information content (AvgIpc) is 2.07. The maximum absolute atomic E-state index is 12.8. The highest BCUT2D eigenvalue weighted by Gasteiger charge is 2.04. The number of carbonyl (C=O) groups excluding carboxylic acids is 1. The molecule has 0 saturated heterocycles. The average molecular weight is 181 g/mol. The molecule has 0 aliphatic rings. The van der Waals surface area contributed by atoms with Gasteiger partial charge in [-0.05, 0) is 29.7 Å². The van der Waals surface area contributed by atoms with E-state index in [1.807, 2.05) is 6.92 Å². The third kappa shape index (κ3) is 2.54. The summed E-state index contributed by atoms with van der Waals surface area (Å²) in [5.74, 6) is -0.661. The van der Waals surface area contributed by atoms with Gasteiger partial charge in [-0.25, -0.2) is 4.39 Å². The van der Waals surface area contributed by atoms with Gasteiger partial charge in [0.1, 0.15) is 5.82 Å². The largest absolute Gasteiger partial charge is 0.369 e. The van der Waals surface area contributed by atoms with Crippen molar-refractivity contribution >= 4 is 5.91 Å². The highest BCUT2D eigenvalue weighted by atomic mass is 19.1. The lowest BCUT2D eigenvalue weighted by Crippen LogP contribution is -2.14. The summed E-state index contributed by atoms with van der Waals surface area (Å²) in [6.45, 7) is 1.92. The minimum absolute atomic E-state index is 0.184. The number of rotatable bonds is 3. The summed E-state index contributed by atoms with van der Waals surface area (Å²) >= 11 is 0. The molecule has 0 aliphatic carbocycles. The number of nitrogens with two attached hydrogens (primary N) is 1. The van der Waals surface area contributed by atoms with Crippen LogP contribution in [0.5, 0.6) is 0 Å². The lowest BCUT2D eigenvalue weighted by Gasteiger charge is -2.05. The van der Waals surface area contributed by atoms with Gasteiger partial charge in [-0.1, -0.05) is 13.0 Å². The van der Waals surface area contributed by atoms with E-state index in [4.69, 9.17) is 5.73 Å². The van der Waals surface area contributed by atoms with Gasteiger partial charge in [0.25, 0.3) is 0 Å². The van der Waals surface area contributed by atoms with E-state index in [1.165, 1.54) is 12.1 Å². The first kappa shape index (κ1) is 9.71. The third-order valence-corrected chi connectivity index (χ3v) is 1.91. The molecule has 2 N–H and O–H groups in total. The van der Waals surface area contributed by atoms with Crippen molar-refractivity contribution in [2.24, 2.45) is 5.73 Å². The summed E-state index contributed by atoms with van der Waals surface area (Å²) in [7, 11) is 0. The van der Waals surface area contributed by atoms with Crippen molar-refractivity contribution in [3.8, 4) is 0 Å². The SMILES string of the molecule is CCc1cc(F)ccc1CC(N)=O. The Labute approximate surface area is 76.6 Å². The fraction of sp³-hybridized carbons (Fsp3) is 0.300. The van der Waals surface area contributed by atoms with Crippen LogP contribution in [-0.2, 0) is 17.6 Å². The van der Waals surface area contributed by atoms with E-state index in [-0.39, 0.29) is 18.1 Å². The summed E-state index contributed by atoms with van der Waals surface area (Å²) in [6.07, 6.45) is 0.893. The molecule has 0 aliphatic heterocycles. The zero-order valence-corrected chi connectivity index (χ0v) is 7.51. The van der Waals surface area contributed by atoms with E-state index in [9.17, 15) is 9.18 Å². The summed E-state index contributed by atoms with van der Waals surface area (Å²) < 4.78 is 12.8. The molecule has 0 unspecified atom stereocenters. The lowest BCUT2D eigenvalue weighted by molar-refractivity contribution is -0.117. The van der Waals surface area contributed by atoms with Crippen LogP contribution >= 0.6 is 0 Å². The van der Waals surface area contributed by atoms with Crippen LogP contribution in [0, 0.1) is 5.82 Å². The predicted octanol–water partition coefficient (Wildman–Crippen LogP) is 1.42. The third-order valence-electron chi connectivity index (χ3n) is 1.91. The quantitative estimate of drug-likeness (QED) is 0.752. The Morgan fingerprint density at radius 2 is 2.15 bits per heavy atom. The van der Waals surface area contributed by atoms with Crippen LogP contribution in [0.4, 0.5) is 4.39 Å². The monoisotopic (exact) mass is 181 g/mol. The van der Waals surface area contributed by atoms with Crippen molar-refractivity contribution in [1.82, 2.24) is 0 Å². The highest BCUT2D eigenvalue weighted by molar-refractivity contribution is 5.77. The van der Waals surface area contributed by atoms with Gasteiger partial charge in [-0.15, -0.1) is 0 Å². The Balaban J connectivity index is 2.99. The fourth-order valence-corrected chi connectivity index (χ4v) is 1.28. The number of amides is 1. The molecule has 0 aromatic heterocycles. The molecular formula is C10H12FNO. The standard InChI is InChI=1S/C10H12FNO/c1-2-7-5-9(11)4-3-8(7)6-10(12)13/h3-5H,2,6H2,1H3,(H2,12,13). The van der Waals surface area contributed by atoms with Gasteiger partial charge >= 0.3 is 0 Å². The van der Waals surface area contributed by atoms with Gasteiger partial charge in [0.2, 0.25) is 5.91 Å². The van der Waals surface area contributed by atoms with Gasteiger partial charge in [0, 0.05) is 0 Å². The van der Waals surface area contributed by atoms with Crippen LogP contribution in [0.2, 0.25) is 0 Å². The van der Waals surface area contributed by atoms with Crippen molar-refractivity contribution in [2.45, 2.75) is 19.8 Å². The zero-order valence-electron chi connectivity index (χ0n) is 7.51. The van der Waals surface area contributed by atoms with E-state index in [0.29, 0.717) is 6.42 Å². The first-order chi connectivity index (χ1) is 6.13. The number of primary amides is 1. The minimum atomic E-state index is -0.388. The molecule has 0 saturated carbocycles. The molecule has 0 atom stereocenters. The van der Waals surface area contributed by atoms with Gasteiger partial charge in [-0.2, -0.15) is 0 Å². The minimum Gasteiger partial charge on any atom is -0.369 e. The second-order valence-corrected chi connectivity index (χ2v) is 2.91. The Morgan fingerprint density at radius 1 is 1.46 bits per heavy atom. The number of halogens is 1. The number of hydrogen-bond donors (Lipinski definition) is 1. The molecule has 3 heteroatoms. The summed E-state index contributed by atoms with van der Waals surface area (Å²) in [4.78, 5) is 10.7. The number of aryl methyl sites for hydroxylation is 1. The van der Waals surface area contributed by atoms with Crippen LogP contribution in [0.25, 0.3) is 0 Å². The molecule has 0 fully saturated rings. The number of benzene rings is 1. The zero-order chi connectivity index (χ0) is 9.84. The lowest BCUT2D eigenvalue weighted by atomic mass is 10.0. The van der Waals surface area contributed by atoms with Crippen LogP contribution in [-0.4, -0.2) is 5.91 Å². The maximum atomic E-state index is 12.8. The number of hydrogen-bond acceptors (Lipinski definition) is 1. The molecule has 2 nitrogen and oxygen atoms in total. The van der Waals surface area contributed by atoms with Crippen molar-refractivity contribution in [2.75, 3.05) is 0 Å². The van der Waals surface area contributed by atoms with E-state index < -0.39 is 0 Å². The van der Waals surface area contributed by atoms with E-state index in [2.05, 4.69) is 0 Å². The van der Waals surface area contributed by atoms with E-state index in [1.54, 1.807) is 6.07 Å². The first-order valence-corrected chi connectivity index (χ1v) is 4.19. The molecule has 1 rings (SSSR count). The molecule has 0 radical (unpaired) electrons. The van der Waals surface area contributed by atoms with Crippen LogP contribution in [0.1, 0.15) is 18.1 Å². The molecule has 1 aromatic rings. The normalized spacial score (nSPS) is 10.0. The Bertz CT molecular complexity index is 323. The molecule has 0 spiro atoms.